The first-order chi connectivity index (χ1) is 15.1. The lowest BCUT2D eigenvalue weighted by molar-refractivity contribution is -0.131. The third-order valence-corrected chi connectivity index (χ3v) is 5.78. The van der Waals surface area contributed by atoms with Crippen LogP contribution in [0.2, 0.25) is 0 Å². The topological polar surface area (TPSA) is 74.4 Å². The molecule has 2 aromatic carbocycles. The second-order valence-electron chi connectivity index (χ2n) is 7.61. The van der Waals surface area contributed by atoms with Crippen LogP contribution in [-0.4, -0.2) is 76.2 Å². The van der Waals surface area contributed by atoms with Crippen LogP contribution in [0.1, 0.15) is 0 Å². The lowest BCUT2D eigenvalue weighted by Crippen LogP contribution is -2.54. The predicted molar refractivity (Wildman–Crippen MR) is 119 cm³/mol. The Bertz CT molecular complexity index is 943. The Kier molecular flexibility index (Phi) is 6.16. The van der Waals surface area contributed by atoms with Crippen LogP contribution in [-0.2, 0) is 9.59 Å². The van der Waals surface area contributed by atoms with Crippen LogP contribution in [0.25, 0.3) is 0 Å². The molecule has 164 valence electrons. The monoisotopic (exact) mass is 424 g/mol. The van der Waals surface area contributed by atoms with E-state index in [1.54, 1.807) is 14.2 Å². The van der Waals surface area contributed by atoms with Gasteiger partial charge in [-0.3, -0.25) is 9.59 Å². The molecule has 8 nitrogen and oxygen atoms in total. The van der Waals surface area contributed by atoms with Gasteiger partial charge in [-0.05, 0) is 24.3 Å². The number of carbonyl (C=O) groups excluding carboxylic acids is 2. The van der Waals surface area contributed by atoms with E-state index in [1.807, 2.05) is 58.3 Å². The molecule has 31 heavy (non-hydrogen) atoms. The molecular weight excluding hydrogens is 396 g/mol. The maximum absolute atomic E-state index is 13.1. The third-order valence-electron chi connectivity index (χ3n) is 5.78. The van der Waals surface area contributed by atoms with Crippen LogP contribution < -0.4 is 24.6 Å². The molecule has 2 aliphatic rings. The normalized spacial score (nSPS) is 18.1. The predicted octanol–water partition coefficient (Wildman–Crippen LogP) is 1.36. The van der Waals surface area contributed by atoms with Gasteiger partial charge < -0.3 is 29.5 Å². The summed E-state index contributed by atoms with van der Waals surface area (Å²) < 4.78 is 11.3. The quantitative estimate of drug-likeness (QED) is 0.781. The van der Waals surface area contributed by atoms with E-state index in [4.69, 9.17) is 9.47 Å². The standard InChI is InChI=1S/C23H28N4O4/c1-24-23(29)21-15-27(18-8-4-6-10-20(18)31-21)16-22(28)26-13-11-25(12-14-26)17-7-3-5-9-19(17)30-2/h3-10,21H,11-16H2,1-2H3,(H,24,29)/t21-/m1/s1. The van der Waals surface area contributed by atoms with Gasteiger partial charge in [0.15, 0.2) is 6.10 Å². The van der Waals surface area contributed by atoms with Crippen molar-refractivity contribution in [3.8, 4) is 11.5 Å². The number of ether oxygens (including phenoxy) is 2. The molecule has 0 saturated carbocycles. The van der Waals surface area contributed by atoms with Crippen molar-refractivity contribution in [3.05, 3.63) is 48.5 Å². The van der Waals surface area contributed by atoms with E-state index in [2.05, 4.69) is 10.2 Å². The third kappa shape index (κ3) is 4.38. The van der Waals surface area contributed by atoms with E-state index in [-0.39, 0.29) is 18.4 Å². The Hall–Kier alpha value is -3.42. The summed E-state index contributed by atoms with van der Waals surface area (Å²) in [4.78, 5) is 31.3. The molecule has 2 heterocycles. The molecule has 0 spiro atoms. The molecule has 8 heteroatoms. The fraction of sp³-hybridized carbons (Fsp3) is 0.391. The van der Waals surface area contributed by atoms with Gasteiger partial charge in [0.1, 0.15) is 11.5 Å². The van der Waals surface area contributed by atoms with E-state index in [0.717, 1.165) is 30.2 Å². The van der Waals surface area contributed by atoms with Crippen molar-refractivity contribution < 1.29 is 19.1 Å². The number of likely N-dealkylation sites (N-methyl/N-ethyl adjacent to an activating group) is 1. The number of rotatable bonds is 5. The van der Waals surface area contributed by atoms with Crippen LogP contribution in [0, 0.1) is 0 Å². The van der Waals surface area contributed by atoms with Crippen LogP contribution >= 0.6 is 0 Å². The Labute approximate surface area is 182 Å². The second-order valence-corrected chi connectivity index (χ2v) is 7.61. The number of nitrogens with one attached hydrogen (secondary N) is 1. The minimum Gasteiger partial charge on any atom is -0.495 e. The molecule has 4 rings (SSSR count). The van der Waals surface area contributed by atoms with Crippen molar-refractivity contribution in [3.63, 3.8) is 0 Å². The van der Waals surface area contributed by atoms with Gasteiger partial charge in [0, 0.05) is 33.2 Å². The van der Waals surface area contributed by atoms with Gasteiger partial charge in [-0.15, -0.1) is 0 Å². The SMILES string of the molecule is CNC(=O)[C@H]1CN(CC(=O)N2CCN(c3ccccc3OC)CC2)c2ccccc2O1. The van der Waals surface area contributed by atoms with Gasteiger partial charge in [-0.2, -0.15) is 0 Å². The number of methoxy groups -OCH3 is 1. The number of hydrogen-bond acceptors (Lipinski definition) is 6. The molecule has 1 atom stereocenters. The first-order valence-electron chi connectivity index (χ1n) is 10.5. The molecular formula is C23H28N4O4. The minimum atomic E-state index is -0.643. The number of para-hydroxylation sites is 4. The maximum atomic E-state index is 13.1. The molecule has 0 aliphatic carbocycles. The van der Waals surface area contributed by atoms with Gasteiger partial charge in [-0.1, -0.05) is 24.3 Å². The average molecular weight is 425 g/mol. The zero-order valence-electron chi connectivity index (χ0n) is 17.9. The van der Waals surface area contributed by atoms with Crippen molar-refractivity contribution in [2.24, 2.45) is 0 Å². The van der Waals surface area contributed by atoms with Gasteiger partial charge in [0.05, 0.1) is 31.6 Å². The Balaban J connectivity index is 1.41. The molecule has 0 aromatic heterocycles. The number of amides is 2. The lowest BCUT2D eigenvalue weighted by atomic mass is 10.1. The summed E-state index contributed by atoms with van der Waals surface area (Å²) in [6.07, 6.45) is -0.643. The van der Waals surface area contributed by atoms with Crippen molar-refractivity contribution in [2.75, 3.05) is 63.2 Å². The van der Waals surface area contributed by atoms with Crippen molar-refractivity contribution in [1.82, 2.24) is 10.2 Å². The molecule has 0 unspecified atom stereocenters. The Morgan fingerprint density at radius 2 is 1.71 bits per heavy atom. The fourth-order valence-corrected chi connectivity index (χ4v) is 4.11. The highest BCUT2D eigenvalue weighted by atomic mass is 16.5. The lowest BCUT2D eigenvalue weighted by Gasteiger charge is -2.39. The number of carbonyl (C=O) groups is 2. The van der Waals surface area contributed by atoms with E-state index < -0.39 is 6.10 Å². The average Bonchev–Trinajstić information content (AvgIpc) is 2.83. The van der Waals surface area contributed by atoms with Crippen LogP contribution in [0.4, 0.5) is 11.4 Å². The molecule has 1 saturated heterocycles. The summed E-state index contributed by atoms with van der Waals surface area (Å²) in [5, 5.41) is 2.63. The zero-order valence-corrected chi connectivity index (χ0v) is 17.9. The number of anilines is 2. The maximum Gasteiger partial charge on any atom is 0.262 e. The van der Waals surface area contributed by atoms with Crippen molar-refractivity contribution in [2.45, 2.75) is 6.10 Å². The highest BCUT2D eigenvalue weighted by molar-refractivity contribution is 5.86. The second kappa shape index (κ2) is 9.16. The molecule has 1 N–H and O–H groups in total. The van der Waals surface area contributed by atoms with Gasteiger partial charge >= 0.3 is 0 Å². The van der Waals surface area contributed by atoms with Crippen LogP contribution in [0.5, 0.6) is 11.5 Å². The number of fused-ring (bicyclic) bond motifs is 1. The molecule has 0 radical (unpaired) electrons. The molecule has 0 bridgehead atoms. The van der Waals surface area contributed by atoms with Gasteiger partial charge in [-0.25, -0.2) is 0 Å². The van der Waals surface area contributed by atoms with E-state index >= 15 is 0 Å². The summed E-state index contributed by atoms with van der Waals surface area (Å²) in [6.45, 7) is 3.31. The number of benzene rings is 2. The summed E-state index contributed by atoms with van der Waals surface area (Å²) in [5.74, 6) is 1.31. The summed E-state index contributed by atoms with van der Waals surface area (Å²) in [6, 6.07) is 15.5. The molecule has 2 aromatic rings. The Morgan fingerprint density at radius 3 is 2.42 bits per heavy atom. The first-order valence-corrected chi connectivity index (χ1v) is 10.5. The van der Waals surface area contributed by atoms with E-state index in [1.165, 1.54) is 0 Å². The minimum absolute atomic E-state index is 0.0482. The summed E-state index contributed by atoms with van der Waals surface area (Å²) >= 11 is 0. The summed E-state index contributed by atoms with van der Waals surface area (Å²) in [5.41, 5.74) is 1.89. The molecule has 2 amide bonds. The molecule has 2 aliphatic heterocycles. The Morgan fingerprint density at radius 1 is 1.03 bits per heavy atom. The van der Waals surface area contributed by atoms with Gasteiger partial charge in [0.2, 0.25) is 5.91 Å². The van der Waals surface area contributed by atoms with Crippen molar-refractivity contribution in [1.29, 1.82) is 0 Å². The number of piperazine rings is 1. The van der Waals surface area contributed by atoms with Crippen LogP contribution in [0.3, 0.4) is 0 Å². The van der Waals surface area contributed by atoms with Crippen molar-refractivity contribution >= 4 is 23.2 Å². The zero-order chi connectivity index (χ0) is 21.8. The number of hydrogen-bond donors (Lipinski definition) is 1. The first kappa shape index (κ1) is 20.8. The highest BCUT2D eigenvalue weighted by Gasteiger charge is 2.32. The highest BCUT2D eigenvalue weighted by Crippen LogP contribution is 2.33. The largest absolute Gasteiger partial charge is 0.495 e. The van der Waals surface area contributed by atoms with E-state index in [0.29, 0.717) is 25.4 Å². The van der Waals surface area contributed by atoms with Gasteiger partial charge in [0.25, 0.3) is 5.91 Å². The van der Waals surface area contributed by atoms with Crippen LogP contribution in [0.15, 0.2) is 48.5 Å². The number of nitrogens with zero attached hydrogens (tertiary/aromatic N) is 3. The summed E-state index contributed by atoms with van der Waals surface area (Å²) in [7, 11) is 3.26. The molecule has 1 fully saturated rings. The fourth-order valence-electron chi connectivity index (χ4n) is 4.11. The van der Waals surface area contributed by atoms with E-state index in [9.17, 15) is 9.59 Å². The smallest absolute Gasteiger partial charge is 0.262 e.